The number of para-hydroxylation sites is 1. The van der Waals surface area contributed by atoms with E-state index >= 15 is 0 Å². The van der Waals surface area contributed by atoms with E-state index in [0.717, 1.165) is 16.5 Å². The summed E-state index contributed by atoms with van der Waals surface area (Å²) in [7, 11) is 0. The van der Waals surface area contributed by atoms with Gasteiger partial charge in [-0.1, -0.05) is 30.4 Å². The van der Waals surface area contributed by atoms with Gasteiger partial charge in [-0.2, -0.15) is 0 Å². The Morgan fingerprint density at radius 3 is 2.71 bits per heavy atom. The summed E-state index contributed by atoms with van der Waals surface area (Å²) in [5.41, 5.74) is 7.56. The normalized spacial score (nSPS) is 10.2. The van der Waals surface area contributed by atoms with Crippen molar-refractivity contribution in [3.8, 4) is 0 Å². The van der Waals surface area contributed by atoms with Crippen LogP contribution in [0.5, 0.6) is 0 Å². The van der Waals surface area contributed by atoms with E-state index in [1.165, 1.54) is 0 Å². The van der Waals surface area contributed by atoms with Crippen molar-refractivity contribution in [2.24, 2.45) is 0 Å². The molecule has 2 rings (SSSR count). The molecule has 0 aliphatic rings. The third-order valence-corrected chi connectivity index (χ3v) is 3.14. The van der Waals surface area contributed by atoms with Gasteiger partial charge >= 0.3 is 5.91 Å². The van der Waals surface area contributed by atoms with Gasteiger partial charge in [0.25, 0.3) is 0 Å². The first-order valence-electron chi connectivity index (χ1n) is 6.45. The lowest BCUT2D eigenvalue weighted by atomic mass is 10.1. The highest BCUT2D eigenvalue weighted by Gasteiger charge is 2.17. The second-order valence-electron chi connectivity index (χ2n) is 4.77. The van der Waals surface area contributed by atoms with Gasteiger partial charge in [0, 0.05) is 17.5 Å². The third-order valence-electron chi connectivity index (χ3n) is 2.89. The minimum atomic E-state index is -0.372. The van der Waals surface area contributed by atoms with Crippen LogP contribution in [0.15, 0.2) is 40.8 Å². The van der Waals surface area contributed by atoms with Crippen LogP contribution in [0, 0.1) is 6.92 Å². The molecule has 0 spiro atoms. The zero-order chi connectivity index (χ0) is 15.4. The predicted molar refractivity (Wildman–Crippen MR) is 87.0 cm³/mol. The minimum absolute atomic E-state index is 0.270. The van der Waals surface area contributed by atoms with Gasteiger partial charge < -0.3 is 9.73 Å². The number of thiocarbonyl (C=S) groups is 1. The number of furan rings is 1. The maximum absolute atomic E-state index is 12.1. The van der Waals surface area contributed by atoms with Crippen LogP contribution < -0.4 is 16.2 Å². The van der Waals surface area contributed by atoms with Crippen molar-refractivity contribution in [2.45, 2.75) is 13.8 Å². The van der Waals surface area contributed by atoms with Gasteiger partial charge in [0.1, 0.15) is 5.58 Å². The topological polar surface area (TPSA) is 66.3 Å². The fourth-order valence-corrected chi connectivity index (χ4v) is 1.96. The minimum Gasteiger partial charge on any atom is -0.451 e. The molecule has 0 radical (unpaired) electrons. The lowest BCUT2D eigenvalue weighted by Gasteiger charge is -2.10. The molecule has 2 aromatic rings. The highest BCUT2D eigenvalue weighted by atomic mass is 32.1. The number of hydrogen-bond donors (Lipinski definition) is 3. The molecule has 0 saturated carbocycles. The van der Waals surface area contributed by atoms with E-state index < -0.39 is 0 Å². The Morgan fingerprint density at radius 2 is 2.05 bits per heavy atom. The summed E-state index contributed by atoms with van der Waals surface area (Å²) in [4.78, 5) is 12.1. The first-order valence-corrected chi connectivity index (χ1v) is 6.86. The van der Waals surface area contributed by atoms with Crippen molar-refractivity contribution in [2.75, 3.05) is 6.54 Å². The molecule has 21 heavy (non-hydrogen) atoms. The number of fused-ring (bicyclic) bond motifs is 1. The second kappa shape index (κ2) is 6.41. The number of hydrogen-bond acceptors (Lipinski definition) is 3. The van der Waals surface area contributed by atoms with E-state index in [1.807, 2.05) is 38.1 Å². The fraction of sp³-hybridized carbons (Fsp3) is 0.200. The monoisotopic (exact) mass is 303 g/mol. The molecule has 110 valence electrons. The van der Waals surface area contributed by atoms with Crippen LogP contribution in [0.2, 0.25) is 0 Å². The molecule has 1 heterocycles. The highest BCUT2D eigenvalue weighted by Crippen LogP contribution is 2.24. The fourth-order valence-electron chi connectivity index (χ4n) is 1.84. The lowest BCUT2D eigenvalue weighted by Crippen LogP contribution is -2.47. The van der Waals surface area contributed by atoms with E-state index in [0.29, 0.717) is 17.2 Å². The van der Waals surface area contributed by atoms with Gasteiger partial charge in [-0.05, 0) is 32.1 Å². The molecule has 0 saturated heterocycles. The number of rotatable bonds is 3. The van der Waals surface area contributed by atoms with Crippen molar-refractivity contribution in [1.29, 1.82) is 0 Å². The summed E-state index contributed by atoms with van der Waals surface area (Å²) in [6, 6.07) is 7.51. The van der Waals surface area contributed by atoms with Crippen LogP contribution >= 0.6 is 12.2 Å². The largest absolute Gasteiger partial charge is 0.451 e. The van der Waals surface area contributed by atoms with E-state index in [9.17, 15) is 4.79 Å². The average Bonchev–Trinajstić information content (AvgIpc) is 2.80. The van der Waals surface area contributed by atoms with Crippen molar-refractivity contribution in [1.82, 2.24) is 16.2 Å². The van der Waals surface area contributed by atoms with Crippen LogP contribution in [0.4, 0.5) is 0 Å². The molecule has 0 aliphatic carbocycles. The molecule has 5 nitrogen and oxygen atoms in total. The van der Waals surface area contributed by atoms with Gasteiger partial charge in [0.05, 0.1) is 0 Å². The molecule has 6 heteroatoms. The Bertz CT molecular complexity index is 706. The van der Waals surface area contributed by atoms with Gasteiger partial charge in [-0.3, -0.25) is 15.6 Å². The van der Waals surface area contributed by atoms with Crippen LogP contribution in [0.1, 0.15) is 23.0 Å². The number of amides is 1. The Hall–Kier alpha value is -2.34. The van der Waals surface area contributed by atoms with Crippen LogP contribution in [0.3, 0.4) is 0 Å². The molecule has 1 aromatic carbocycles. The summed E-state index contributed by atoms with van der Waals surface area (Å²) < 4.78 is 5.56. The Morgan fingerprint density at radius 1 is 1.33 bits per heavy atom. The predicted octanol–water partition coefficient (Wildman–Crippen LogP) is 2.43. The van der Waals surface area contributed by atoms with Gasteiger partial charge in [0.2, 0.25) is 0 Å². The third kappa shape index (κ3) is 3.61. The van der Waals surface area contributed by atoms with Gasteiger partial charge in [0.15, 0.2) is 10.9 Å². The zero-order valence-corrected chi connectivity index (χ0v) is 12.8. The summed E-state index contributed by atoms with van der Waals surface area (Å²) in [6.45, 7) is 8.03. The number of carbonyl (C=O) groups is 1. The van der Waals surface area contributed by atoms with Crippen molar-refractivity contribution < 1.29 is 9.21 Å². The average molecular weight is 303 g/mol. The standard InChI is InChI=1S/C15H17N3O2S/c1-9(2)8-16-15(21)18-17-14(19)13-10(3)11-6-4-5-7-12(11)20-13/h4-7H,1,8H2,2-3H3,(H,17,19)(H2,16,18,21). The number of aryl methyl sites for hydroxylation is 1. The molecule has 1 amide bonds. The molecule has 0 bridgehead atoms. The van der Waals surface area contributed by atoms with Crippen molar-refractivity contribution in [3.05, 3.63) is 47.7 Å². The summed E-state index contributed by atoms with van der Waals surface area (Å²) in [6.07, 6.45) is 0. The quantitative estimate of drug-likeness (QED) is 0.462. The Balaban J connectivity index is 2.01. The molecule has 1 aromatic heterocycles. The SMILES string of the molecule is C=C(C)CNC(=S)NNC(=O)c1oc2ccccc2c1C. The number of nitrogens with one attached hydrogen (secondary N) is 3. The number of hydrazine groups is 1. The summed E-state index contributed by atoms with van der Waals surface area (Å²) >= 11 is 5.03. The molecule has 0 atom stereocenters. The molecule has 0 aliphatic heterocycles. The van der Waals surface area contributed by atoms with Gasteiger partial charge in [-0.25, -0.2) is 0 Å². The van der Waals surface area contributed by atoms with Crippen molar-refractivity contribution in [3.63, 3.8) is 0 Å². The van der Waals surface area contributed by atoms with E-state index in [1.54, 1.807) is 0 Å². The Labute approximate surface area is 128 Å². The molecule has 0 fully saturated rings. The maximum Gasteiger partial charge on any atom is 0.305 e. The van der Waals surface area contributed by atoms with E-state index in [4.69, 9.17) is 16.6 Å². The van der Waals surface area contributed by atoms with Crippen LogP contribution in [-0.2, 0) is 0 Å². The maximum atomic E-state index is 12.1. The lowest BCUT2D eigenvalue weighted by molar-refractivity contribution is 0.0917. The Kier molecular flexibility index (Phi) is 4.59. The zero-order valence-electron chi connectivity index (χ0n) is 11.9. The molecular formula is C15H17N3O2S. The first kappa shape index (κ1) is 15.1. The van der Waals surface area contributed by atoms with Crippen LogP contribution in [-0.4, -0.2) is 17.6 Å². The van der Waals surface area contributed by atoms with Gasteiger partial charge in [-0.15, -0.1) is 0 Å². The smallest absolute Gasteiger partial charge is 0.305 e. The number of benzene rings is 1. The summed E-state index contributed by atoms with van der Waals surface area (Å²) in [5.74, 6) is -0.102. The second-order valence-corrected chi connectivity index (χ2v) is 5.18. The van der Waals surface area contributed by atoms with Crippen LogP contribution in [0.25, 0.3) is 11.0 Å². The molecular weight excluding hydrogens is 286 g/mol. The molecule has 3 N–H and O–H groups in total. The summed E-state index contributed by atoms with van der Waals surface area (Å²) in [5, 5.41) is 4.15. The van der Waals surface area contributed by atoms with Crippen molar-refractivity contribution >= 4 is 34.2 Å². The van der Waals surface area contributed by atoms with E-state index in [2.05, 4.69) is 22.7 Å². The highest BCUT2D eigenvalue weighted by molar-refractivity contribution is 7.80. The molecule has 0 unspecified atom stereocenters. The van der Waals surface area contributed by atoms with E-state index in [-0.39, 0.29) is 11.7 Å². The first-order chi connectivity index (χ1) is 9.99. The number of carbonyl (C=O) groups excluding carboxylic acids is 1.